The number of hydrogen-bond donors (Lipinski definition) is 1. The maximum atomic E-state index is 12.9. The molecule has 0 radical (unpaired) electrons. The molecule has 184 valence electrons. The van der Waals surface area contributed by atoms with Gasteiger partial charge < -0.3 is 19.3 Å². The van der Waals surface area contributed by atoms with E-state index in [2.05, 4.69) is 0 Å². The average Bonchev–Trinajstić information content (AvgIpc) is 3.15. The maximum Gasteiger partial charge on any atom is 0.335 e. The fourth-order valence-electron chi connectivity index (χ4n) is 3.54. The Balaban J connectivity index is 1.46. The fraction of sp³-hybridized carbons (Fsp3) is 0.148. The maximum absolute atomic E-state index is 12.9. The number of rotatable bonds is 9. The lowest BCUT2D eigenvalue weighted by Crippen LogP contribution is -2.27. The Labute approximate surface area is 212 Å². The van der Waals surface area contributed by atoms with Crippen LogP contribution >= 0.6 is 11.8 Å². The molecule has 2 amide bonds. The third-order valence-electron chi connectivity index (χ3n) is 5.43. The van der Waals surface area contributed by atoms with Crippen molar-refractivity contribution < 1.29 is 33.7 Å². The van der Waals surface area contributed by atoms with Gasteiger partial charge in [0.1, 0.15) is 12.4 Å². The van der Waals surface area contributed by atoms with Gasteiger partial charge in [-0.1, -0.05) is 30.3 Å². The summed E-state index contributed by atoms with van der Waals surface area (Å²) in [6.07, 6.45) is 1.65. The number of ether oxygens (including phenoxy) is 3. The summed E-state index contributed by atoms with van der Waals surface area (Å²) in [5.41, 5.74) is 2.47. The van der Waals surface area contributed by atoms with Crippen molar-refractivity contribution in [1.82, 2.24) is 4.90 Å². The SMILES string of the molecule is COc1cccc(CN2C(=O)S/C(=C\c3ccc(OCc4ccc(C(=O)O)cc4)c(OC)c3)C2=O)c1. The van der Waals surface area contributed by atoms with Gasteiger partial charge in [-0.15, -0.1) is 0 Å². The van der Waals surface area contributed by atoms with E-state index in [0.29, 0.717) is 27.7 Å². The van der Waals surface area contributed by atoms with Gasteiger partial charge in [-0.05, 0) is 70.9 Å². The third kappa shape index (κ3) is 5.69. The van der Waals surface area contributed by atoms with Gasteiger partial charge in [-0.25, -0.2) is 4.79 Å². The second kappa shape index (κ2) is 11.0. The Morgan fingerprint density at radius 3 is 2.42 bits per heavy atom. The molecule has 8 nitrogen and oxygen atoms in total. The molecular formula is C27H23NO7S. The highest BCUT2D eigenvalue weighted by atomic mass is 32.2. The predicted molar refractivity (Wildman–Crippen MR) is 135 cm³/mol. The molecule has 1 fully saturated rings. The van der Waals surface area contributed by atoms with E-state index in [-0.39, 0.29) is 29.9 Å². The number of thioether (sulfide) groups is 1. The molecule has 3 aromatic carbocycles. The van der Waals surface area contributed by atoms with E-state index in [9.17, 15) is 14.4 Å². The first kappa shape index (κ1) is 24.9. The number of nitrogens with zero attached hydrogens (tertiary/aromatic N) is 1. The Hall–Kier alpha value is -4.24. The number of imide groups is 1. The van der Waals surface area contributed by atoms with Gasteiger partial charge >= 0.3 is 5.97 Å². The Morgan fingerprint density at radius 1 is 0.944 bits per heavy atom. The van der Waals surface area contributed by atoms with E-state index >= 15 is 0 Å². The first-order valence-electron chi connectivity index (χ1n) is 10.9. The standard InChI is InChI=1S/C27H23NO7S/c1-33-21-5-3-4-19(12-21)15-28-25(29)24(36-27(28)32)14-18-8-11-22(23(13-18)34-2)35-16-17-6-9-20(10-7-17)26(30)31/h3-14H,15-16H2,1-2H3,(H,30,31)/b24-14-. The lowest BCUT2D eigenvalue weighted by Gasteiger charge is -2.13. The summed E-state index contributed by atoms with van der Waals surface area (Å²) in [7, 11) is 3.07. The number of methoxy groups -OCH3 is 2. The van der Waals surface area contributed by atoms with E-state index < -0.39 is 5.97 Å². The van der Waals surface area contributed by atoms with E-state index in [1.807, 2.05) is 12.1 Å². The summed E-state index contributed by atoms with van der Waals surface area (Å²) in [6, 6.07) is 18.8. The summed E-state index contributed by atoms with van der Waals surface area (Å²) >= 11 is 0.888. The summed E-state index contributed by atoms with van der Waals surface area (Å²) in [4.78, 5) is 37.9. The minimum atomic E-state index is -0.988. The quantitative estimate of drug-likeness (QED) is 0.395. The molecule has 0 saturated carbocycles. The largest absolute Gasteiger partial charge is 0.497 e. The van der Waals surface area contributed by atoms with Crippen LogP contribution in [-0.4, -0.2) is 41.3 Å². The van der Waals surface area contributed by atoms with Crippen molar-refractivity contribution in [2.45, 2.75) is 13.2 Å². The molecule has 1 heterocycles. The van der Waals surface area contributed by atoms with Crippen LogP contribution in [0, 0.1) is 0 Å². The van der Waals surface area contributed by atoms with Crippen LogP contribution in [-0.2, 0) is 17.9 Å². The lowest BCUT2D eigenvalue weighted by molar-refractivity contribution is -0.123. The number of carbonyl (C=O) groups excluding carboxylic acids is 2. The zero-order chi connectivity index (χ0) is 25.7. The van der Waals surface area contributed by atoms with Crippen LogP contribution in [0.4, 0.5) is 4.79 Å². The van der Waals surface area contributed by atoms with Crippen LogP contribution in [0.3, 0.4) is 0 Å². The molecule has 1 aliphatic heterocycles. The number of carboxylic acids is 1. The molecule has 0 atom stereocenters. The van der Waals surface area contributed by atoms with Crippen LogP contribution in [0.25, 0.3) is 6.08 Å². The fourth-order valence-corrected chi connectivity index (χ4v) is 4.38. The topological polar surface area (TPSA) is 102 Å². The number of carboxylic acid groups (broad SMARTS) is 1. The Morgan fingerprint density at radius 2 is 1.72 bits per heavy atom. The van der Waals surface area contributed by atoms with Gasteiger partial charge in [0.05, 0.1) is 31.2 Å². The highest BCUT2D eigenvalue weighted by Crippen LogP contribution is 2.35. The van der Waals surface area contributed by atoms with Crippen LogP contribution in [0.15, 0.2) is 71.6 Å². The molecule has 4 rings (SSSR count). The molecule has 0 aliphatic carbocycles. The molecule has 9 heteroatoms. The second-order valence-corrected chi connectivity index (χ2v) is 8.81. The second-order valence-electron chi connectivity index (χ2n) is 7.82. The molecular weight excluding hydrogens is 482 g/mol. The van der Waals surface area contributed by atoms with Crippen LogP contribution < -0.4 is 14.2 Å². The number of hydrogen-bond acceptors (Lipinski definition) is 7. The van der Waals surface area contributed by atoms with Crippen molar-refractivity contribution in [3.05, 3.63) is 93.9 Å². The van der Waals surface area contributed by atoms with E-state index in [0.717, 1.165) is 22.9 Å². The van der Waals surface area contributed by atoms with Gasteiger partial charge in [-0.2, -0.15) is 0 Å². The van der Waals surface area contributed by atoms with Crippen LogP contribution in [0.2, 0.25) is 0 Å². The van der Waals surface area contributed by atoms with Gasteiger partial charge in [0.25, 0.3) is 11.1 Å². The summed E-state index contributed by atoms with van der Waals surface area (Å²) in [6.45, 7) is 0.377. The number of benzene rings is 3. The third-order valence-corrected chi connectivity index (χ3v) is 6.34. The molecule has 3 aromatic rings. The molecule has 0 spiro atoms. The molecule has 1 N–H and O–H groups in total. The van der Waals surface area contributed by atoms with E-state index in [1.165, 1.54) is 24.1 Å². The molecule has 0 aromatic heterocycles. The van der Waals surface area contributed by atoms with Crippen LogP contribution in [0.1, 0.15) is 27.0 Å². The highest BCUT2D eigenvalue weighted by molar-refractivity contribution is 8.18. The summed E-state index contributed by atoms with van der Waals surface area (Å²) in [5.74, 6) is 0.251. The molecule has 1 aliphatic rings. The average molecular weight is 506 g/mol. The van der Waals surface area contributed by atoms with Crippen molar-refractivity contribution >= 4 is 35.0 Å². The van der Waals surface area contributed by atoms with E-state index in [1.54, 1.807) is 55.7 Å². The first-order valence-corrected chi connectivity index (χ1v) is 11.7. The van der Waals surface area contributed by atoms with Crippen molar-refractivity contribution in [3.63, 3.8) is 0 Å². The van der Waals surface area contributed by atoms with Gasteiger partial charge in [-0.3, -0.25) is 14.5 Å². The summed E-state index contributed by atoms with van der Waals surface area (Å²) in [5, 5.41) is 8.67. The number of aromatic carboxylic acids is 1. The van der Waals surface area contributed by atoms with Crippen molar-refractivity contribution in [3.8, 4) is 17.2 Å². The van der Waals surface area contributed by atoms with Crippen molar-refractivity contribution in [1.29, 1.82) is 0 Å². The molecule has 0 unspecified atom stereocenters. The first-order chi connectivity index (χ1) is 17.4. The zero-order valence-corrected chi connectivity index (χ0v) is 20.4. The monoisotopic (exact) mass is 505 g/mol. The summed E-state index contributed by atoms with van der Waals surface area (Å²) < 4.78 is 16.5. The lowest BCUT2D eigenvalue weighted by atomic mass is 10.1. The predicted octanol–water partition coefficient (Wildman–Crippen LogP) is 5.22. The molecule has 36 heavy (non-hydrogen) atoms. The minimum absolute atomic E-state index is 0.156. The van der Waals surface area contributed by atoms with Gasteiger partial charge in [0, 0.05) is 0 Å². The normalized spacial score (nSPS) is 14.3. The highest BCUT2D eigenvalue weighted by Gasteiger charge is 2.35. The smallest absolute Gasteiger partial charge is 0.335 e. The zero-order valence-electron chi connectivity index (χ0n) is 19.6. The van der Waals surface area contributed by atoms with Gasteiger partial charge in [0.2, 0.25) is 0 Å². The van der Waals surface area contributed by atoms with Gasteiger partial charge in [0.15, 0.2) is 11.5 Å². The molecule has 1 saturated heterocycles. The molecule has 0 bridgehead atoms. The number of carbonyl (C=O) groups is 3. The Kier molecular flexibility index (Phi) is 7.60. The Bertz CT molecular complexity index is 1330. The van der Waals surface area contributed by atoms with Crippen molar-refractivity contribution in [2.24, 2.45) is 0 Å². The number of amides is 2. The minimum Gasteiger partial charge on any atom is -0.497 e. The van der Waals surface area contributed by atoms with Crippen molar-refractivity contribution in [2.75, 3.05) is 14.2 Å². The van der Waals surface area contributed by atoms with E-state index in [4.69, 9.17) is 19.3 Å². The van der Waals surface area contributed by atoms with Crippen LogP contribution in [0.5, 0.6) is 17.2 Å².